The SMILES string of the molecule is COc1cccc(C(C)(O)Cc2cc(Cl)ccc2F)c1. The first-order valence-electron chi connectivity index (χ1n) is 6.23. The second-order valence-electron chi connectivity index (χ2n) is 4.92. The molecule has 0 saturated carbocycles. The molecule has 0 aliphatic rings. The van der Waals surface area contributed by atoms with Crippen molar-refractivity contribution in [3.8, 4) is 5.75 Å². The van der Waals surface area contributed by atoms with E-state index in [0.29, 0.717) is 21.9 Å². The van der Waals surface area contributed by atoms with Crippen LogP contribution in [-0.4, -0.2) is 12.2 Å². The van der Waals surface area contributed by atoms with Crippen LogP contribution in [0.2, 0.25) is 5.02 Å². The average molecular weight is 295 g/mol. The summed E-state index contributed by atoms with van der Waals surface area (Å²) in [5.74, 6) is 0.270. The van der Waals surface area contributed by atoms with Gasteiger partial charge in [0.25, 0.3) is 0 Å². The molecular formula is C16H16ClFO2. The van der Waals surface area contributed by atoms with Crippen LogP contribution in [0.3, 0.4) is 0 Å². The Morgan fingerprint density at radius 2 is 2.00 bits per heavy atom. The summed E-state index contributed by atoms with van der Waals surface area (Å²) in [6.07, 6.45) is 0.132. The molecule has 1 N–H and O–H groups in total. The van der Waals surface area contributed by atoms with Crippen LogP contribution in [0.5, 0.6) is 5.75 Å². The van der Waals surface area contributed by atoms with Gasteiger partial charge in [-0.15, -0.1) is 0 Å². The van der Waals surface area contributed by atoms with Crippen LogP contribution in [-0.2, 0) is 12.0 Å². The smallest absolute Gasteiger partial charge is 0.126 e. The summed E-state index contributed by atoms with van der Waals surface area (Å²) in [5, 5.41) is 11.1. The van der Waals surface area contributed by atoms with Crippen LogP contribution in [0.25, 0.3) is 0 Å². The Morgan fingerprint density at radius 1 is 1.25 bits per heavy atom. The number of ether oxygens (including phenoxy) is 1. The summed E-state index contributed by atoms with van der Waals surface area (Å²) < 4.78 is 18.9. The minimum absolute atomic E-state index is 0.132. The molecule has 106 valence electrons. The molecule has 0 aromatic heterocycles. The third-order valence-corrected chi connectivity index (χ3v) is 3.47. The molecule has 0 amide bonds. The fourth-order valence-electron chi connectivity index (χ4n) is 2.11. The molecule has 2 aromatic rings. The predicted octanol–water partition coefficient (Wildman–Crippen LogP) is 3.94. The highest BCUT2D eigenvalue weighted by atomic mass is 35.5. The van der Waals surface area contributed by atoms with Gasteiger partial charge in [0.1, 0.15) is 11.6 Å². The van der Waals surface area contributed by atoms with Crippen molar-refractivity contribution < 1.29 is 14.2 Å². The Morgan fingerprint density at radius 3 is 2.70 bits per heavy atom. The summed E-state index contributed by atoms with van der Waals surface area (Å²) in [7, 11) is 1.56. The molecule has 0 radical (unpaired) electrons. The number of rotatable bonds is 4. The highest BCUT2D eigenvalue weighted by Gasteiger charge is 2.25. The molecule has 0 fully saturated rings. The molecule has 0 spiro atoms. The zero-order valence-electron chi connectivity index (χ0n) is 11.4. The summed E-state index contributed by atoms with van der Waals surface area (Å²) in [4.78, 5) is 0. The zero-order chi connectivity index (χ0) is 14.8. The van der Waals surface area contributed by atoms with Crippen LogP contribution in [0.4, 0.5) is 4.39 Å². The van der Waals surface area contributed by atoms with E-state index in [1.54, 1.807) is 38.3 Å². The number of benzene rings is 2. The first kappa shape index (κ1) is 14.8. The first-order chi connectivity index (χ1) is 9.42. The lowest BCUT2D eigenvalue weighted by Gasteiger charge is -2.24. The van der Waals surface area contributed by atoms with Crippen molar-refractivity contribution in [1.82, 2.24) is 0 Å². The Balaban J connectivity index is 2.32. The molecule has 4 heteroatoms. The summed E-state index contributed by atoms with van der Waals surface area (Å²) in [6, 6.07) is 11.4. The Kier molecular flexibility index (Phi) is 4.31. The molecule has 20 heavy (non-hydrogen) atoms. The summed E-state index contributed by atoms with van der Waals surface area (Å²) in [6.45, 7) is 1.64. The van der Waals surface area contributed by atoms with Crippen molar-refractivity contribution in [2.24, 2.45) is 0 Å². The van der Waals surface area contributed by atoms with E-state index < -0.39 is 5.60 Å². The van der Waals surface area contributed by atoms with Crippen LogP contribution in [0.1, 0.15) is 18.1 Å². The van der Waals surface area contributed by atoms with Crippen molar-refractivity contribution in [2.45, 2.75) is 18.9 Å². The maximum Gasteiger partial charge on any atom is 0.126 e. The first-order valence-corrected chi connectivity index (χ1v) is 6.61. The summed E-state index contributed by atoms with van der Waals surface area (Å²) in [5.41, 5.74) is -0.165. The minimum atomic E-state index is -1.21. The number of hydrogen-bond acceptors (Lipinski definition) is 2. The van der Waals surface area contributed by atoms with E-state index >= 15 is 0 Å². The van der Waals surface area contributed by atoms with Crippen molar-refractivity contribution in [3.63, 3.8) is 0 Å². The fourth-order valence-corrected chi connectivity index (χ4v) is 2.30. The summed E-state index contributed by atoms with van der Waals surface area (Å²) >= 11 is 5.87. The molecule has 0 heterocycles. The highest BCUT2D eigenvalue weighted by Crippen LogP contribution is 2.29. The van der Waals surface area contributed by atoms with Crippen molar-refractivity contribution >= 4 is 11.6 Å². The van der Waals surface area contributed by atoms with Crippen molar-refractivity contribution in [2.75, 3.05) is 7.11 Å². The molecule has 0 bridgehead atoms. The lowest BCUT2D eigenvalue weighted by Crippen LogP contribution is -2.24. The van der Waals surface area contributed by atoms with Gasteiger partial charge in [-0.25, -0.2) is 4.39 Å². The van der Waals surface area contributed by atoms with Gasteiger partial charge in [-0.3, -0.25) is 0 Å². The van der Waals surface area contributed by atoms with Gasteiger partial charge in [-0.2, -0.15) is 0 Å². The van der Waals surface area contributed by atoms with Crippen molar-refractivity contribution in [1.29, 1.82) is 0 Å². The number of methoxy groups -OCH3 is 1. The largest absolute Gasteiger partial charge is 0.497 e. The molecule has 0 saturated heterocycles. The third-order valence-electron chi connectivity index (χ3n) is 3.23. The van der Waals surface area contributed by atoms with Gasteiger partial charge < -0.3 is 9.84 Å². The lowest BCUT2D eigenvalue weighted by molar-refractivity contribution is 0.0565. The number of aliphatic hydroxyl groups is 1. The lowest BCUT2D eigenvalue weighted by atomic mass is 9.89. The molecule has 2 rings (SSSR count). The van der Waals surface area contributed by atoms with Gasteiger partial charge in [0.15, 0.2) is 0 Å². The van der Waals surface area contributed by atoms with E-state index in [9.17, 15) is 9.50 Å². The molecular weight excluding hydrogens is 279 g/mol. The van der Waals surface area contributed by atoms with E-state index in [4.69, 9.17) is 16.3 Å². The second-order valence-corrected chi connectivity index (χ2v) is 5.35. The molecule has 0 aliphatic carbocycles. The minimum Gasteiger partial charge on any atom is -0.497 e. The molecule has 2 nitrogen and oxygen atoms in total. The van der Waals surface area contributed by atoms with Gasteiger partial charge in [0.05, 0.1) is 12.7 Å². The Labute approximate surface area is 122 Å². The van der Waals surface area contributed by atoms with Crippen LogP contribution < -0.4 is 4.74 Å². The quantitative estimate of drug-likeness (QED) is 0.925. The van der Waals surface area contributed by atoms with Crippen LogP contribution >= 0.6 is 11.6 Å². The number of hydrogen-bond donors (Lipinski definition) is 1. The van der Waals surface area contributed by atoms with E-state index in [0.717, 1.165) is 0 Å². The van der Waals surface area contributed by atoms with Gasteiger partial charge in [-0.05, 0) is 48.4 Å². The van der Waals surface area contributed by atoms with E-state index in [1.165, 1.54) is 18.2 Å². The highest BCUT2D eigenvalue weighted by molar-refractivity contribution is 6.30. The molecule has 1 unspecified atom stereocenters. The van der Waals surface area contributed by atoms with E-state index in [1.807, 2.05) is 0 Å². The Hall–Kier alpha value is -1.58. The van der Waals surface area contributed by atoms with E-state index in [2.05, 4.69) is 0 Å². The fraction of sp³-hybridized carbons (Fsp3) is 0.250. The van der Waals surface area contributed by atoms with Gasteiger partial charge >= 0.3 is 0 Å². The zero-order valence-corrected chi connectivity index (χ0v) is 12.1. The third kappa shape index (κ3) is 3.30. The topological polar surface area (TPSA) is 29.5 Å². The van der Waals surface area contributed by atoms with Gasteiger partial charge in [0, 0.05) is 11.4 Å². The monoisotopic (exact) mass is 294 g/mol. The molecule has 1 atom stereocenters. The van der Waals surface area contributed by atoms with Crippen LogP contribution in [0.15, 0.2) is 42.5 Å². The standard InChI is InChI=1S/C16H16ClFO2/c1-16(19,12-4-3-5-14(9-12)20-2)10-11-8-13(17)6-7-15(11)18/h3-9,19H,10H2,1-2H3. The molecule has 2 aromatic carbocycles. The van der Waals surface area contributed by atoms with Crippen LogP contribution in [0, 0.1) is 5.82 Å². The van der Waals surface area contributed by atoms with E-state index in [-0.39, 0.29) is 12.2 Å². The Bertz CT molecular complexity index is 611. The number of halogens is 2. The van der Waals surface area contributed by atoms with Gasteiger partial charge in [-0.1, -0.05) is 23.7 Å². The predicted molar refractivity (Wildman–Crippen MR) is 77.7 cm³/mol. The maximum atomic E-state index is 13.8. The van der Waals surface area contributed by atoms with Gasteiger partial charge in [0.2, 0.25) is 0 Å². The maximum absolute atomic E-state index is 13.8. The second kappa shape index (κ2) is 5.81. The molecule has 0 aliphatic heterocycles. The van der Waals surface area contributed by atoms with Crippen molar-refractivity contribution in [3.05, 3.63) is 64.4 Å². The average Bonchev–Trinajstić information content (AvgIpc) is 2.43. The normalized spacial score (nSPS) is 13.8.